The maximum atomic E-state index is 5.52. The van der Waals surface area contributed by atoms with Crippen molar-refractivity contribution in [3.05, 3.63) is 27.7 Å². The quantitative estimate of drug-likeness (QED) is 0.699. The highest BCUT2D eigenvalue weighted by Gasteiger charge is 2.16. The van der Waals surface area contributed by atoms with Crippen LogP contribution in [0.3, 0.4) is 0 Å². The van der Waals surface area contributed by atoms with Gasteiger partial charge in [-0.3, -0.25) is 0 Å². The monoisotopic (exact) mass is 382 g/mol. The molecule has 1 aromatic carbocycles. The molecule has 1 aliphatic heterocycles. The number of halogens is 3. The second-order valence-electron chi connectivity index (χ2n) is 3.26. The lowest BCUT2D eigenvalue weighted by Crippen LogP contribution is -1.94. The molecular formula is C10H9Br3O. The summed E-state index contributed by atoms with van der Waals surface area (Å²) in [4.78, 5) is 0. The fourth-order valence-electron chi connectivity index (χ4n) is 1.62. The first-order valence-electron chi connectivity index (χ1n) is 4.39. The summed E-state index contributed by atoms with van der Waals surface area (Å²) >= 11 is 10.5. The number of fused-ring (bicyclic) bond motifs is 1. The average Bonchev–Trinajstić information content (AvgIpc) is 2.50. The molecule has 0 N–H and O–H groups in total. The van der Waals surface area contributed by atoms with E-state index in [1.165, 1.54) is 11.1 Å². The maximum Gasteiger partial charge on any atom is 0.136 e. The molecule has 14 heavy (non-hydrogen) atoms. The van der Waals surface area contributed by atoms with Crippen molar-refractivity contribution in [2.75, 3.05) is 6.61 Å². The normalized spacial score (nSPS) is 14.3. The van der Waals surface area contributed by atoms with E-state index in [0.717, 1.165) is 29.7 Å². The molecule has 1 heterocycles. The van der Waals surface area contributed by atoms with Gasteiger partial charge < -0.3 is 4.74 Å². The van der Waals surface area contributed by atoms with Crippen LogP contribution in [-0.2, 0) is 12.8 Å². The number of benzene rings is 1. The number of hydrogen-bond donors (Lipinski definition) is 0. The van der Waals surface area contributed by atoms with Crippen molar-refractivity contribution in [1.82, 2.24) is 0 Å². The van der Waals surface area contributed by atoms with Crippen molar-refractivity contribution in [2.45, 2.75) is 16.6 Å². The van der Waals surface area contributed by atoms with Crippen LogP contribution in [0, 0.1) is 0 Å². The Labute approximate surface area is 109 Å². The van der Waals surface area contributed by atoms with E-state index in [1.807, 2.05) is 0 Å². The van der Waals surface area contributed by atoms with E-state index in [9.17, 15) is 0 Å². The highest BCUT2D eigenvalue weighted by Crippen LogP contribution is 2.35. The summed E-state index contributed by atoms with van der Waals surface area (Å²) in [7, 11) is 0. The standard InChI is InChI=1S/C10H9Br3O/c11-8-4-6(5-9(12)13)3-7-1-2-14-10(7)8/h3-4,9H,1-2,5H2. The molecular weight excluding hydrogens is 376 g/mol. The summed E-state index contributed by atoms with van der Waals surface area (Å²) in [6.07, 6.45) is 2.00. The van der Waals surface area contributed by atoms with Crippen LogP contribution < -0.4 is 4.74 Å². The second kappa shape index (κ2) is 4.54. The van der Waals surface area contributed by atoms with Crippen LogP contribution in [0.1, 0.15) is 11.1 Å². The lowest BCUT2D eigenvalue weighted by atomic mass is 10.1. The molecule has 0 aromatic heterocycles. The van der Waals surface area contributed by atoms with E-state index in [1.54, 1.807) is 0 Å². The van der Waals surface area contributed by atoms with Gasteiger partial charge in [0.25, 0.3) is 0 Å². The van der Waals surface area contributed by atoms with Crippen molar-refractivity contribution < 1.29 is 4.74 Å². The van der Waals surface area contributed by atoms with Gasteiger partial charge in [0.1, 0.15) is 5.75 Å². The SMILES string of the molecule is Brc1cc(CC(Br)Br)cc2c1OCC2. The second-order valence-corrected chi connectivity index (χ2v) is 7.55. The van der Waals surface area contributed by atoms with Crippen LogP contribution in [0.15, 0.2) is 16.6 Å². The van der Waals surface area contributed by atoms with E-state index in [-0.39, 0.29) is 0 Å². The predicted molar refractivity (Wildman–Crippen MR) is 68.7 cm³/mol. The Morgan fingerprint density at radius 1 is 1.36 bits per heavy atom. The molecule has 1 aliphatic rings. The van der Waals surface area contributed by atoms with Crippen molar-refractivity contribution >= 4 is 47.8 Å². The van der Waals surface area contributed by atoms with Crippen LogP contribution in [0.5, 0.6) is 5.75 Å². The minimum Gasteiger partial charge on any atom is -0.492 e. The molecule has 0 unspecified atom stereocenters. The molecule has 0 spiro atoms. The number of rotatable bonds is 2. The van der Waals surface area contributed by atoms with Crippen LogP contribution in [-0.4, -0.2) is 10.3 Å². The summed E-state index contributed by atoms with van der Waals surface area (Å²) in [6.45, 7) is 0.809. The fourth-order valence-corrected chi connectivity index (χ4v) is 3.03. The Kier molecular flexibility index (Phi) is 3.55. The summed E-state index contributed by atoms with van der Waals surface area (Å²) in [5.74, 6) is 1.02. The van der Waals surface area contributed by atoms with Gasteiger partial charge in [0, 0.05) is 6.42 Å². The highest BCUT2D eigenvalue weighted by molar-refractivity contribution is 9.24. The van der Waals surface area contributed by atoms with Crippen LogP contribution in [0.2, 0.25) is 0 Å². The molecule has 1 aromatic rings. The van der Waals surface area contributed by atoms with E-state index in [2.05, 4.69) is 59.9 Å². The smallest absolute Gasteiger partial charge is 0.136 e. The molecule has 76 valence electrons. The zero-order chi connectivity index (χ0) is 10.1. The lowest BCUT2D eigenvalue weighted by Gasteiger charge is -2.07. The lowest BCUT2D eigenvalue weighted by molar-refractivity contribution is 0.355. The minimum atomic E-state index is 0.335. The van der Waals surface area contributed by atoms with Gasteiger partial charge in [0.2, 0.25) is 0 Å². The molecule has 0 fully saturated rings. The topological polar surface area (TPSA) is 9.23 Å². The Bertz CT molecular complexity index is 349. The summed E-state index contributed by atoms with van der Waals surface area (Å²) in [6, 6.07) is 4.35. The third-order valence-corrected chi connectivity index (χ3v) is 3.42. The molecule has 0 amide bonds. The summed E-state index contributed by atoms with van der Waals surface area (Å²) in [5, 5.41) is 0. The molecule has 4 heteroatoms. The Hall–Kier alpha value is 0.460. The van der Waals surface area contributed by atoms with Gasteiger partial charge in [-0.05, 0) is 39.5 Å². The first kappa shape index (κ1) is 11.0. The Balaban J connectivity index is 2.32. The summed E-state index contributed by atoms with van der Waals surface area (Å²) in [5.41, 5.74) is 2.63. The molecule has 0 aliphatic carbocycles. The zero-order valence-corrected chi connectivity index (χ0v) is 12.2. The number of hydrogen-bond acceptors (Lipinski definition) is 1. The van der Waals surface area contributed by atoms with E-state index >= 15 is 0 Å². The van der Waals surface area contributed by atoms with E-state index in [0.29, 0.717) is 3.74 Å². The Morgan fingerprint density at radius 3 is 2.86 bits per heavy atom. The van der Waals surface area contributed by atoms with Gasteiger partial charge >= 0.3 is 0 Å². The van der Waals surface area contributed by atoms with Crippen LogP contribution in [0.4, 0.5) is 0 Å². The van der Waals surface area contributed by atoms with Crippen LogP contribution >= 0.6 is 47.8 Å². The molecule has 0 atom stereocenters. The number of ether oxygens (including phenoxy) is 1. The van der Waals surface area contributed by atoms with E-state index < -0.39 is 0 Å². The van der Waals surface area contributed by atoms with Gasteiger partial charge in [0.15, 0.2) is 0 Å². The van der Waals surface area contributed by atoms with Gasteiger partial charge in [-0.2, -0.15) is 0 Å². The first-order chi connectivity index (χ1) is 6.66. The molecule has 0 saturated heterocycles. The van der Waals surface area contributed by atoms with Crippen molar-refractivity contribution in [3.8, 4) is 5.75 Å². The van der Waals surface area contributed by atoms with Gasteiger partial charge in [-0.1, -0.05) is 37.9 Å². The minimum absolute atomic E-state index is 0.335. The Morgan fingerprint density at radius 2 is 2.14 bits per heavy atom. The van der Waals surface area contributed by atoms with Gasteiger partial charge in [-0.15, -0.1) is 0 Å². The third kappa shape index (κ3) is 2.34. The van der Waals surface area contributed by atoms with E-state index in [4.69, 9.17) is 4.74 Å². The van der Waals surface area contributed by atoms with Crippen molar-refractivity contribution in [2.24, 2.45) is 0 Å². The van der Waals surface area contributed by atoms with Gasteiger partial charge in [-0.25, -0.2) is 0 Å². The maximum absolute atomic E-state index is 5.52. The predicted octanol–water partition coefficient (Wildman–Crippen LogP) is 4.04. The molecule has 0 bridgehead atoms. The molecule has 0 saturated carbocycles. The highest BCUT2D eigenvalue weighted by atomic mass is 79.9. The average molecular weight is 385 g/mol. The third-order valence-electron chi connectivity index (χ3n) is 2.19. The fraction of sp³-hybridized carbons (Fsp3) is 0.400. The molecule has 1 nitrogen and oxygen atoms in total. The van der Waals surface area contributed by atoms with Crippen molar-refractivity contribution in [1.29, 1.82) is 0 Å². The number of alkyl halides is 2. The largest absolute Gasteiger partial charge is 0.492 e. The first-order valence-corrected chi connectivity index (χ1v) is 7.01. The van der Waals surface area contributed by atoms with Gasteiger partial charge in [0.05, 0.1) is 14.8 Å². The summed E-state index contributed by atoms with van der Waals surface area (Å²) < 4.78 is 6.93. The van der Waals surface area contributed by atoms with Crippen LogP contribution in [0.25, 0.3) is 0 Å². The molecule has 0 radical (unpaired) electrons. The zero-order valence-electron chi connectivity index (χ0n) is 7.40. The molecule has 2 rings (SSSR count). The van der Waals surface area contributed by atoms with Crippen molar-refractivity contribution in [3.63, 3.8) is 0 Å².